The first kappa shape index (κ1) is 16.3. The predicted octanol–water partition coefficient (Wildman–Crippen LogP) is 3.60. The lowest BCUT2D eigenvalue weighted by molar-refractivity contribution is -0.141. The van der Waals surface area contributed by atoms with Gasteiger partial charge in [0.2, 0.25) is 0 Å². The van der Waals surface area contributed by atoms with Crippen LogP contribution in [0.1, 0.15) is 29.4 Å². The van der Waals surface area contributed by atoms with E-state index in [1.807, 2.05) is 12.1 Å². The lowest BCUT2D eigenvalue weighted by atomic mass is 9.99. The molecule has 1 heterocycles. The lowest BCUT2D eigenvalue weighted by Crippen LogP contribution is -2.16. The van der Waals surface area contributed by atoms with Crippen LogP contribution in [0.5, 0.6) is 11.5 Å². The maximum Gasteiger partial charge on any atom is 0.306 e. The number of aliphatic carboxylic acids is 1. The van der Waals surface area contributed by atoms with Crippen LogP contribution in [0, 0.1) is 5.92 Å². The minimum atomic E-state index is -0.930. The highest BCUT2D eigenvalue weighted by atomic mass is 32.1. The molecule has 0 aliphatic heterocycles. The van der Waals surface area contributed by atoms with Crippen molar-refractivity contribution in [3.63, 3.8) is 0 Å². The molecular weight excluding hydrogens is 304 g/mol. The highest BCUT2D eigenvalue weighted by Crippen LogP contribution is 2.36. The number of Topliss-reactive ketones (excluding diaryl/α,β-unsaturated/α-hetero) is 1. The monoisotopic (exact) mass is 322 g/mol. The molecule has 2 aromatic rings. The number of carbonyl (C=O) groups excluding carboxylic acids is 1. The average Bonchev–Trinajstić information content (AvgIpc) is 2.93. The Hall–Kier alpha value is -2.08. The molecule has 22 heavy (non-hydrogen) atoms. The van der Waals surface area contributed by atoms with E-state index in [0.29, 0.717) is 22.8 Å². The second-order valence-electron chi connectivity index (χ2n) is 4.93. The fourth-order valence-electron chi connectivity index (χ4n) is 2.23. The number of hydrogen-bond acceptors (Lipinski definition) is 5. The third kappa shape index (κ3) is 3.22. The Morgan fingerprint density at radius 2 is 1.82 bits per heavy atom. The van der Waals surface area contributed by atoms with Gasteiger partial charge in [-0.05, 0) is 23.9 Å². The second-order valence-corrected chi connectivity index (χ2v) is 6.01. The number of carboxylic acids is 1. The van der Waals surface area contributed by atoms with E-state index in [2.05, 4.69) is 0 Å². The zero-order valence-electron chi connectivity index (χ0n) is 12.7. The molecule has 0 radical (unpaired) electrons. The molecule has 0 fully saturated rings. The Morgan fingerprint density at radius 1 is 1.18 bits per heavy atom. The van der Waals surface area contributed by atoms with Crippen molar-refractivity contribution in [2.45, 2.75) is 19.8 Å². The molecule has 5 nitrogen and oxygen atoms in total. The van der Waals surface area contributed by atoms with Crippen LogP contribution >= 0.6 is 11.3 Å². The summed E-state index contributed by atoms with van der Waals surface area (Å²) in [5.74, 6) is -0.507. The minimum Gasteiger partial charge on any atom is -0.493 e. The summed E-state index contributed by atoms with van der Waals surface area (Å²) in [6, 6.07) is 5.42. The highest BCUT2D eigenvalue weighted by Gasteiger charge is 2.21. The van der Waals surface area contributed by atoms with Crippen LogP contribution in [0.15, 0.2) is 18.2 Å². The molecule has 0 bridgehead atoms. The van der Waals surface area contributed by atoms with Crippen LogP contribution < -0.4 is 9.47 Å². The fourth-order valence-corrected chi connectivity index (χ4v) is 3.26. The number of thiophene rings is 1. The van der Waals surface area contributed by atoms with Crippen molar-refractivity contribution >= 4 is 33.2 Å². The Morgan fingerprint density at radius 3 is 2.36 bits per heavy atom. The molecule has 0 saturated carbocycles. The van der Waals surface area contributed by atoms with Gasteiger partial charge in [0.25, 0.3) is 0 Å². The molecule has 0 amide bonds. The smallest absolute Gasteiger partial charge is 0.306 e. The van der Waals surface area contributed by atoms with Gasteiger partial charge in [0.1, 0.15) is 0 Å². The quantitative estimate of drug-likeness (QED) is 0.788. The molecule has 6 heteroatoms. The number of carbonyl (C=O) groups is 2. The summed E-state index contributed by atoms with van der Waals surface area (Å²) >= 11 is 1.34. The minimum absolute atomic E-state index is 0.0208. The summed E-state index contributed by atoms with van der Waals surface area (Å²) in [5.41, 5.74) is 0. The van der Waals surface area contributed by atoms with Gasteiger partial charge in [0, 0.05) is 17.2 Å². The van der Waals surface area contributed by atoms with Crippen molar-refractivity contribution in [3.05, 3.63) is 23.1 Å². The van der Waals surface area contributed by atoms with Crippen LogP contribution in [0.2, 0.25) is 0 Å². The maximum absolute atomic E-state index is 12.3. The van der Waals surface area contributed by atoms with Gasteiger partial charge < -0.3 is 14.6 Å². The van der Waals surface area contributed by atoms with E-state index in [9.17, 15) is 9.59 Å². The van der Waals surface area contributed by atoms with Gasteiger partial charge in [-0.25, -0.2) is 0 Å². The molecule has 0 spiro atoms. The number of ketones is 1. The average molecular weight is 322 g/mol. The van der Waals surface area contributed by atoms with Crippen LogP contribution in [0.4, 0.5) is 0 Å². The summed E-state index contributed by atoms with van der Waals surface area (Å²) in [6.07, 6.45) is 0.459. The summed E-state index contributed by atoms with van der Waals surface area (Å²) in [6.45, 7) is 1.77. The van der Waals surface area contributed by atoms with Gasteiger partial charge in [0.05, 0.1) is 25.0 Å². The fraction of sp³-hybridized carbons (Fsp3) is 0.375. The first-order valence-corrected chi connectivity index (χ1v) is 7.73. The van der Waals surface area contributed by atoms with Gasteiger partial charge in [0.15, 0.2) is 17.3 Å². The largest absolute Gasteiger partial charge is 0.493 e. The van der Waals surface area contributed by atoms with Gasteiger partial charge in [-0.2, -0.15) is 0 Å². The predicted molar refractivity (Wildman–Crippen MR) is 85.3 cm³/mol. The number of rotatable bonds is 7. The number of carboxylic acid groups (broad SMARTS) is 1. The van der Waals surface area contributed by atoms with E-state index in [1.54, 1.807) is 27.2 Å². The number of methoxy groups -OCH3 is 2. The molecule has 0 aliphatic rings. The number of fused-ring (bicyclic) bond motifs is 1. The van der Waals surface area contributed by atoms with E-state index in [1.165, 1.54) is 11.3 Å². The second kappa shape index (κ2) is 6.79. The first-order chi connectivity index (χ1) is 10.5. The molecule has 0 aliphatic carbocycles. The van der Waals surface area contributed by atoms with Crippen LogP contribution in [0.25, 0.3) is 10.1 Å². The van der Waals surface area contributed by atoms with E-state index in [-0.39, 0.29) is 12.2 Å². The van der Waals surface area contributed by atoms with Crippen molar-refractivity contribution in [2.75, 3.05) is 14.2 Å². The van der Waals surface area contributed by atoms with Gasteiger partial charge in [-0.3, -0.25) is 9.59 Å². The third-order valence-corrected chi connectivity index (χ3v) is 4.71. The Kier molecular flexibility index (Phi) is 5.03. The van der Waals surface area contributed by atoms with E-state index in [4.69, 9.17) is 14.6 Å². The normalized spacial score (nSPS) is 12.1. The topological polar surface area (TPSA) is 72.8 Å². The van der Waals surface area contributed by atoms with E-state index >= 15 is 0 Å². The Bertz CT molecular complexity index is 663. The number of hydrogen-bond donors (Lipinski definition) is 1. The zero-order valence-corrected chi connectivity index (χ0v) is 13.5. The molecule has 2 rings (SSSR count). The van der Waals surface area contributed by atoms with E-state index < -0.39 is 11.9 Å². The summed E-state index contributed by atoms with van der Waals surface area (Å²) in [7, 11) is 3.11. The van der Waals surface area contributed by atoms with Crippen molar-refractivity contribution in [2.24, 2.45) is 5.92 Å². The number of ether oxygens (including phenoxy) is 2. The van der Waals surface area contributed by atoms with Crippen LogP contribution in [0.3, 0.4) is 0 Å². The van der Waals surface area contributed by atoms with Crippen molar-refractivity contribution in [3.8, 4) is 11.5 Å². The Balaban J connectivity index is 2.32. The van der Waals surface area contributed by atoms with Crippen molar-refractivity contribution < 1.29 is 24.2 Å². The highest BCUT2D eigenvalue weighted by molar-refractivity contribution is 7.20. The molecular formula is C16H18O5S. The lowest BCUT2D eigenvalue weighted by Gasteiger charge is -2.06. The molecule has 1 N–H and O–H groups in total. The molecule has 0 unspecified atom stereocenters. The van der Waals surface area contributed by atoms with E-state index in [0.717, 1.165) is 10.1 Å². The van der Waals surface area contributed by atoms with Crippen molar-refractivity contribution in [1.29, 1.82) is 0 Å². The molecule has 1 atom stereocenters. The third-order valence-electron chi connectivity index (χ3n) is 3.57. The summed E-state index contributed by atoms with van der Waals surface area (Å²) in [5, 5.41) is 9.95. The standard InChI is InChI=1S/C16H18O5S/c1-4-9(16(18)19)5-11(17)15-7-10-6-12(20-2)13(21-3)8-14(10)22-15/h6-9H,4-5H2,1-3H3,(H,18,19)/t9-/m1/s1. The van der Waals surface area contributed by atoms with Crippen LogP contribution in [-0.2, 0) is 4.79 Å². The SMILES string of the molecule is CC[C@H](CC(=O)c1cc2cc(OC)c(OC)cc2s1)C(=O)O. The van der Waals surface area contributed by atoms with Gasteiger partial charge in [-0.1, -0.05) is 6.92 Å². The van der Waals surface area contributed by atoms with Crippen LogP contribution in [-0.4, -0.2) is 31.1 Å². The molecule has 0 saturated heterocycles. The van der Waals surface area contributed by atoms with Gasteiger partial charge >= 0.3 is 5.97 Å². The molecule has 1 aromatic carbocycles. The zero-order chi connectivity index (χ0) is 16.3. The summed E-state index contributed by atoms with van der Waals surface area (Å²) in [4.78, 5) is 23.9. The van der Waals surface area contributed by atoms with Gasteiger partial charge in [-0.15, -0.1) is 11.3 Å². The Labute approximate surface area is 132 Å². The molecule has 118 valence electrons. The summed E-state index contributed by atoms with van der Waals surface area (Å²) < 4.78 is 11.4. The number of benzene rings is 1. The first-order valence-electron chi connectivity index (χ1n) is 6.91. The van der Waals surface area contributed by atoms with Crippen molar-refractivity contribution in [1.82, 2.24) is 0 Å². The maximum atomic E-state index is 12.3. The molecule has 1 aromatic heterocycles.